The molecule has 2 N–H and O–H groups in total. The maximum atomic E-state index is 11.5. The largest absolute Gasteiger partial charge is 0.463 e. The molecule has 0 aromatic heterocycles. The van der Waals surface area contributed by atoms with E-state index in [0.717, 1.165) is 0 Å². The summed E-state index contributed by atoms with van der Waals surface area (Å²) in [5, 5.41) is 5.12. The van der Waals surface area contributed by atoms with Crippen molar-refractivity contribution < 1.29 is 14.3 Å². The van der Waals surface area contributed by atoms with E-state index in [9.17, 15) is 9.59 Å². The minimum atomic E-state index is -0.384. The molecule has 1 aliphatic rings. The zero-order valence-corrected chi connectivity index (χ0v) is 8.51. The van der Waals surface area contributed by atoms with Gasteiger partial charge in [-0.05, 0) is 20.8 Å². The fourth-order valence-electron chi connectivity index (χ4n) is 1.41. The molecule has 0 radical (unpaired) electrons. The van der Waals surface area contributed by atoms with Crippen LogP contribution < -0.4 is 10.6 Å². The van der Waals surface area contributed by atoms with Crippen molar-refractivity contribution in [3.05, 3.63) is 11.3 Å². The first-order valence-corrected chi connectivity index (χ1v) is 4.51. The van der Waals surface area contributed by atoms with Crippen molar-refractivity contribution in [3.8, 4) is 0 Å². The molecule has 0 spiro atoms. The number of allylic oxidation sites excluding steroid dienone is 1. The van der Waals surface area contributed by atoms with Crippen molar-refractivity contribution in [1.29, 1.82) is 0 Å². The van der Waals surface area contributed by atoms with Gasteiger partial charge in [-0.15, -0.1) is 0 Å². The molecule has 1 atom stereocenters. The minimum Gasteiger partial charge on any atom is -0.463 e. The molecular formula is C9H14N2O3. The summed E-state index contributed by atoms with van der Waals surface area (Å²) in [7, 11) is 0. The van der Waals surface area contributed by atoms with Crippen LogP contribution >= 0.6 is 0 Å². The van der Waals surface area contributed by atoms with Gasteiger partial charge in [0, 0.05) is 5.70 Å². The normalized spacial score (nSPS) is 21.4. The number of ether oxygens (including phenoxy) is 1. The zero-order chi connectivity index (χ0) is 10.7. The molecule has 1 heterocycles. The zero-order valence-electron chi connectivity index (χ0n) is 8.51. The summed E-state index contributed by atoms with van der Waals surface area (Å²) in [6, 6.07) is -0.592. The third kappa shape index (κ3) is 2.04. The molecule has 0 aromatic rings. The first-order chi connectivity index (χ1) is 6.56. The molecule has 1 aliphatic heterocycles. The third-order valence-electron chi connectivity index (χ3n) is 1.98. The molecular weight excluding hydrogens is 184 g/mol. The number of urea groups is 1. The van der Waals surface area contributed by atoms with E-state index >= 15 is 0 Å². The van der Waals surface area contributed by atoms with Crippen molar-refractivity contribution in [2.45, 2.75) is 26.8 Å². The van der Waals surface area contributed by atoms with Gasteiger partial charge >= 0.3 is 12.0 Å². The second kappa shape index (κ2) is 4.13. The lowest BCUT2D eigenvalue weighted by molar-refractivity contribution is -0.138. The number of hydrogen-bond acceptors (Lipinski definition) is 3. The van der Waals surface area contributed by atoms with Crippen LogP contribution in [0.5, 0.6) is 0 Å². The summed E-state index contributed by atoms with van der Waals surface area (Å²) in [6.45, 7) is 5.50. The van der Waals surface area contributed by atoms with Gasteiger partial charge in [-0.3, -0.25) is 0 Å². The second-order valence-electron chi connectivity index (χ2n) is 3.08. The Morgan fingerprint density at radius 3 is 2.71 bits per heavy atom. The van der Waals surface area contributed by atoms with Gasteiger partial charge in [0.15, 0.2) is 0 Å². The van der Waals surface area contributed by atoms with Crippen LogP contribution in [0.3, 0.4) is 0 Å². The van der Waals surface area contributed by atoms with Crippen molar-refractivity contribution in [1.82, 2.24) is 10.6 Å². The number of rotatable bonds is 2. The topological polar surface area (TPSA) is 67.4 Å². The minimum absolute atomic E-state index is 0.289. The number of hydrogen-bond donors (Lipinski definition) is 2. The maximum absolute atomic E-state index is 11.5. The van der Waals surface area contributed by atoms with E-state index in [1.807, 2.05) is 0 Å². The SMILES string of the molecule is CCOC(=O)C1=C(C)NC(=O)N[C@@H]1C. The quantitative estimate of drug-likeness (QED) is 0.636. The van der Waals surface area contributed by atoms with Gasteiger partial charge in [0.05, 0.1) is 18.2 Å². The summed E-state index contributed by atoms with van der Waals surface area (Å²) in [6.07, 6.45) is 0. The van der Waals surface area contributed by atoms with E-state index in [0.29, 0.717) is 17.9 Å². The Hall–Kier alpha value is -1.52. The molecule has 1 rings (SSSR count). The Morgan fingerprint density at radius 1 is 1.57 bits per heavy atom. The number of amides is 2. The third-order valence-corrected chi connectivity index (χ3v) is 1.98. The standard InChI is InChI=1S/C9H14N2O3/c1-4-14-8(12)7-5(2)10-9(13)11-6(7)3/h5H,4H2,1-3H3,(H2,10,11,13)/t5-/m1/s1. The summed E-state index contributed by atoms with van der Waals surface area (Å²) in [5.41, 5.74) is 1.03. The first kappa shape index (κ1) is 10.6. The van der Waals surface area contributed by atoms with Gasteiger partial charge in [-0.25, -0.2) is 9.59 Å². The van der Waals surface area contributed by atoms with Crippen LogP contribution in [0.1, 0.15) is 20.8 Å². The molecule has 0 aliphatic carbocycles. The Balaban J connectivity index is 2.88. The Kier molecular flexibility index (Phi) is 3.11. The lowest BCUT2D eigenvalue weighted by Gasteiger charge is -2.24. The molecule has 0 bridgehead atoms. The summed E-state index contributed by atoms with van der Waals surface area (Å²) in [5.74, 6) is -0.384. The lowest BCUT2D eigenvalue weighted by atomic mass is 10.1. The van der Waals surface area contributed by atoms with Crippen LogP contribution in [0, 0.1) is 0 Å². The monoisotopic (exact) mass is 198 g/mol. The van der Waals surface area contributed by atoms with Crippen LogP contribution in [0.25, 0.3) is 0 Å². The Labute approximate surface area is 82.5 Å². The van der Waals surface area contributed by atoms with Gasteiger partial charge in [0.2, 0.25) is 0 Å². The van der Waals surface area contributed by atoms with E-state index in [1.165, 1.54) is 0 Å². The number of esters is 1. The van der Waals surface area contributed by atoms with E-state index in [-0.39, 0.29) is 18.0 Å². The van der Waals surface area contributed by atoms with Gasteiger partial charge in [-0.1, -0.05) is 0 Å². The smallest absolute Gasteiger partial charge is 0.337 e. The predicted molar refractivity (Wildman–Crippen MR) is 50.5 cm³/mol. The van der Waals surface area contributed by atoms with Gasteiger partial charge < -0.3 is 15.4 Å². The highest BCUT2D eigenvalue weighted by Crippen LogP contribution is 2.13. The van der Waals surface area contributed by atoms with Crippen LogP contribution in [0.15, 0.2) is 11.3 Å². The first-order valence-electron chi connectivity index (χ1n) is 4.51. The molecule has 0 fully saturated rings. The van der Waals surface area contributed by atoms with E-state index in [2.05, 4.69) is 10.6 Å². The lowest BCUT2D eigenvalue weighted by Crippen LogP contribution is -2.48. The average molecular weight is 198 g/mol. The van der Waals surface area contributed by atoms with Gasteiger partial charge in [0.25, 0.3) is 0 Å². The summed E-state index contributed by atoms with van der Waals surface area (Å²) in [4.78, 5) is 22.5. The Bertz CT molecular complexity index is 296. The highest BCUT2D eigenvalue weighted by atomic mass is 16.5. The number of carbonyl (C=O) groups excluding carboxylic acids is 2. The number of carbonyl (C=O) groups is 2. The van der Waals surface area contributed by atoms with Crippen molar-refractivity contribution in [2.24, 2.45) is 0 Å². The second-order valence-corrected chi connectivity index (χ2v) is 3.08. The average Bonchev–Trinajstić information content (AvgIpc) is 2.01. The molecule has 5 nitrogen and oxygen atoms in total. The molecule has 5 heteroatoms. The van der Waals surface area contributed by atoms with E-state index in [4.69, 9.17) is 4.74 Å². The molecule has 0 saturated carbocycles. The van der Waals surface area contributed by atoms with Crippen molar-refractivity contribution in [2.75, 3.05) is 6.61 Å². The molecule has 0 saturated heterocycles. The van der Waals surface area contributed by atoms with Crippen LogP contribution in [-0.2, 0) is 9.53 Å². The van der Waals surface area contributed by atoms with Crippen LogP contribution in [-0.4, -0.2) is 24.6 Å². The number of nitrogens with one attached hydrogen (secondary N) is 2. The molecule has 14 heavy (non-hydrogen) atoms. The van der Waals surface area contributed by atoms with E-state index < -0.39 is 0 Å². The highest BCUT2D eigenvalue weighted by molar-refractivity contribution is 5.94. The van der Waals surface area contributed by atoms with Crippen LogP contribution in [0.2, 0.25) is 0 Å². The fourth-order valence-corrected chi connectivity index (χ4v) is 1.41. The predicted octanol–water partition coefficient (Wildman–Crippen LogP) is 0.525. The molecule has 0 unspecified atom stereocenters. The maximum Gasteiger partial charge on any atom is 0.337 e. The fraction of sp³-hybridized carbons (Fsp3) is 0.556. The van der Waals surface area contributed by atoms with Gasteiger partial charge in [0.1, 0.15) is 0 Å². The summed E-state index contributed by atoms with van der Waals surface area (Å²) < 4.78 is 4.87. The molecule has 2 amide bonds. The molecule has 0 aromatic carbocycles. The van der Waals surface area contributed by atoms with Gasteiger partial charge in [-0.2, -0.15) is 0 Å². The molecule has 78 valence electrons. The van der Waals surface area contributed by atoms with Crippen molar-refractivity contribution in [3.63, 3.8) is 0 Å². The van der Waals surface area contributed by atoms with E-state index in [1.54, 1.807) is 20.8 Å². The van der Waals surface area contributed by atoms with Crippen molar-refractivity contribution >= 4 is 12.0 Å². The Morgan fingerprint density at radius 2 is 2.21 bits per heavy atom. The van der Waals surface area contributed by atoms with Crippen LogP contribution in [0.4, 0.5) is 4.79 Å². The summed E-state index contributed by atoms with van der Waals surface area (Å²) >= 11 is 0. The highest BCUT2D eigenvalue weighted by Gasteiger charge is 2.27.